The molecule has 0 aliphatic rings. The molecule has 0 aliphatic heterocycles. The summed E-state index contributed by atoms with van der Waals surface area (Å²) in [6.07, 6.45) is 2.44. The zero-order chi connectivity index (χ0) is 19.8. The molecule has 0 saturated carbocycles. The zero-order valence-electron chi connectivity index (χ0n) is 15.9. The monoisotopic (exact) mass is 376 g/mol. The molecule has 5 nitrogen and oxygen atoms in total. The van der Waals surface area contributed by atoms with E-state index in [9.17, 15) is 8.78 Å². The average Bonchev–Trinajstić information content (AvgIpc) is 2.66. The summed E-state index contributed by atoms with van der Waals surface area (Å²) in [5, 5.41) is 9.64. The largest absolute Gasteiger partial charge is 0.377 e. The summed E-state index contributed by atoms with van der Waals surface area (Å²) in [5.41, 5.74) is 1.06. The standard InChI is InChI=1S/C20H26F2N4O/c1-4-26(12-14(3)27-5-2)20-18(21)9-16(11-25-20)17-8-6-7-15(19(17)22)10-24-13-23/h6-9,11,13-14H,4-5,10,12H2,1-3H3,(H2,23,24). The summed E-state index contributed by atoms with van der Waals surface area (Å²) in [4.78, 5) is 6.05. The molecule has 146 valence electrons. The highest BCUT2D eigenvalue weighted by molar-refractivity contribution is 5.66. The molecule has 0 saturated heterocycles. The van der Waals surface area contributed by atoms with Gasteiger partial charge in [-0.3, -0.25) is 5.41 Å². The minimum absolute atomic E-state index is 0.0497. The molecule has 1 heterocycles. The predicted octanol–water partition coefficient (Wildman–Crippen LogP) is 3.97. The fraction of sp³-hybridized carbons (Fsp3) is 0.400. The minimum Gasteiger partial charge on any atom is -0.377 e. The summed E-state index contributed by atoms with van der Waals surface area (Å²) in [6.45, 7) is 7.66. The highest BCUT2D eigenvalue weighted by Gasteiger charge is 2.17. The lowest BCUT2D eigenvalue weighted by molar-refractivity contribution is 0.0809. The van der Waals surface area contributed by atoms with Crippen LogP contribution in [-0.4, -0.2) is 37.1 Å². The van der Waals surface area contributed by atoms with E-state index in [0.717, 1.165) is 6.34 Å². The summed E-state index contributed by atoms with van der Waals surface area (Å²) in [7, 11) is 0. The number of pyridine rings is 1. The molecule has 1 aromatic heterocycles. The number of benzene rings is 1. The molecule has 2 N–H and O–H groups in total. The Kier molecular flexibility index (Phi) is 7.67. The SMILES string of the molecule is CCOC(C)CN(CC)c1ncc(-c2cccc(CNC=N)c2F)cc1F. The van der Waals surface area contributed by atoms with E-state index in [1.54, 1.807) is 23.1 Å². The number of hydrogen-bond donors (Lipinski definition) is 2. The fourth-order valence-electron chi connectivity index (χ4n) is 2.92. The second kappa shape index (κ2) is 9.97. The van der Waals surface area contributed by atoms with E-state index in [1.807, 2.05) is 20.8 Å². The van der Waals surface area contributed by atoms with Gasteiger partial charge in [0.25, 0.3) is 0 Å². The lowest BCUT2D eigenvalue weighted by Crippen LogP contribution is -2.33. The molecule has 7 heteroatoms. The highest BCUT2D eigenvalue weighted by atomic mass is 19.1. The Labute approximate surface area is 158 Å². The van der Waals surface area contributed by atoms with Crippen molar-refractivity contribution in [2.24, 2.45) is 0 Å². The van der Waals surface area contributed by atoms with Crippen molar-refractivity contribution in [2.75, 3.05) is 24.6 Å². The van der Waals surface area contributed by atoms with Crippen molar-refractivity contribution in [1.29, 1.82) is 5.41 Å². The number of likely N-dealkylation sites (N-methyl/N-ethyl adjacent to an activating group) is 1. The van der Waals surface area contributed by atoms with E-state index in [1.165, 1.54) is 12.3 Å². The molecule has 0 radical (unpaired) electrons. The second-order valence-corrected chi connectivity index (χ2v) is 6.14. The van der Waals surface area contributed by atoms with Crippen molar-refractivity contribution in [2.45, 2.75) is 33.4 Å². The first-order valence-electron chi connectivity index (χ1n) is 9.03. The van der Waals surface area contributed by atoms with Crippen LogP contribution in [0.1, 0.15) is 26.3 Å². The highest BCUT2D eigenvalue weighted by Crippen LogP contribution is 2.28. The van der Waals surface area contributed by atoms with E-state index >= 15 is 0 Å². The summed E-state index contributed by atoms with van der Waals surface area (Å²) in [6, 6.07) is 6.23. The molecular weight excluding hydrogens is 350 g/mol. The fourth-order valence-corrected chi connectivity index (χ4v) is 2.92. The van der Waals surface area contributed by atoms with Crippen molar-refractivity contribution in [1.82, 2.24) is 10.3 Å². The molecule has 27 heavy (non-hydrogen) atoms. The van der Waals surface area contributed by atoms with E-state index in [-0.39, 0.29) is 24.0 Å². The molecule has 0 bridgehead atoms. The molecule has 0 amide bonds. The third-order valence-corrected chi connectivity index (χ3v) is 4.22. The molecule has 2 rings (SSSR count). The summed E-state index contributed by atoms with van der Waals surface area (Å²) in [5.74, 6) is -0.714. The van der Waals surface area contributed by atoms with Gasteiger partial charge in [-0.15, -0.1) is 0 Å². The van der Waals surface area contributed by atoms with Crippen LogP contribution in [0.4, 0.5) is 14.6 Å². The predicted molar refractivity (Wildman–Crippen MR) is 104 cm³/mol. The van der Waals surface area contributed by atoms with Gasteiger partial charge >= 0.3 is 0 Å². The number of nitrogens with one attached hydrogen (secondary N) is 2. The Bertz CT molecular complexity index is 770. The van der Waals surface area contributed by atoms with Crippen LogP contribution >= 0.6 is 0 Å². The first kappa shape index (κ1) is 20.8. The molecule has 0 spiro atoms. The van der Waals surface area contributed by atoms with Crippen molar-refractivity contribution in [3.8, 4) is 11.1 Å². The number of hydrogen-bond acceptors (Lipinski definition) is 4. The van der Waals surface area contributed by atoms with Crippen LogP contribution in [0.3, 0.4) is 0 Å². The van der Waals surface area contributed by atoms with Crippen LogP contribution in [0.25, 0.3) is 11.1 Å². The maximum absolute atomic E-state index is 14.7. The van der Waals surface area contributed by atoms with Crippen LogP contribution in [-0.2, 0) is 11.3 Å². The van der Waals surface area contributed by atoms with Crippen LogP contribution in [0, 0.1) is 17.0 Å². The van der Waals surface area contributed by atoms with E-state index in [4.69, 9.17) is 10.1 Å². The molecule has 2 aromatic rings. The Morgan fingerprint density at radius 2 is 2.11 bits per heavy atom. The molecule has 0 fully saturated rings. The van der Waals surface area contributed by atoms with E-state index in [2.05, 4.69) is 10.3 Å². The second-order valence-electron chi connectivity index (χ2n) is 6.14. The quantitative estimate of drug-likeness (QED) is 0.486. The van der Waals surface area contributed by atoms with Crippen LogP contribution < -0.4 is 10.2 Å². The molecule has 0 aliphatic carbocycles. The summed E-state index contributed by atoms with van der Waals surface area (Å²) >= 11 is 0. The van der Waals surface area contributed by atoms with Gasteiger partial charge in [0.05, 0.1) is 12.4 Å². The molecular formula is C20H26F2N4O. The van der Waals surface area contributed by atoms with Gasteiger partial charge in [0.1, 0.15) is 5.82 Å². The summed E-state index contributed by atoms with van der Waals surface area (Å²) < 4.78 is 35.0. The minimum atomic E-state index is -0.500. The van der Waals surface area contributed by atoms with Crippen molar-refractivity contribution in [3.63, 3.8) is 0 Å². The topological polar surface area (TPSA) is 61.2 Å². The van der Waals surface area contributed by atoms with Gasteiger partial charge in [0.15, 0.2) is 11.6 Å². The Morgan fingerprint density at radius 3 is 2.74 bits per heavy atom. The first-order valence-corrected chi connectivity index (χ1v) is 9.03. The van der Waals surface area contributed by atoms with Crippen molar-refractivity contribution < 1.29 is 13.5 Å². The van der Waals surface area contributed by atoms with E-state index in [0.29, 0.717) is 30.8 Å². The third-order valence-electron chi connectivity index (χ3n) is 4.22. The van der Waals surface area contributed by atoms with Gasteiger partial charge in [-0.2, -0.15) is 0 Å². The van der Waals surface area contributed by atoms with Gasteiger partial charge in [-0.1, -0.05) is 18.2 Å². The van der Waals surface area contributed by atoms with Crippen molar-refractivity contribution in [3.05, 3.63) is 47.7 Å². The molecule has 1 unspecified atom stereocenters. The number of halogens is 2. The molecule has 1 aromatic carbocycles. The lowest BCUT2D eigenvalue weighted by atomic mass is 10.0. The zero-order valence-corrected chi connectivity index (χ0v) is 15.9. The number of nitrogens with zero attached hydrogens (tertiary/aromatic N) is 2. The van der Waals surface area contributed by atoms with Gasteiger partial charge in [-0.05, 0) is 26.8 Å². The number of aromatic nitrogens is 1. The third kappa shape index (κ3) is 5.23. The van der Waals surface area contributed by atoms with Gasteiger partial charge in [0.2, 0.25) is 0 Å². The number of anilines is 1. The van der Waals surface area contributed by atoms with Crippen LogP contribution in [0.2, 0.25) is 0 Å². The van der Waals surface area contributed by atoms with Gasteiger partial charge in [0, 0.05) is 49.1 Å². The van der Waals surface area contributed by atoms with Crippen LogP contribution in [0.5, 0.6) is 0 Å². The number of rotatable bonds is 10. The smallest absolute Gasteiger partial charge is 0.166 e. The van der Waals surface area contributed by atoms with Crippen molar-refractivity contribution >= 4 is 12.2 Å². The first-order chi connectivity index (χ1) is 13.0. The van der Waals surface area contributed by atoms with Gasteiger partial charge in [-0.25, -0.2) is 13.8 Å². The van der Waals surface area contributed by atoms with E-state index < -0.39 is 11.6 Å². The Balaban J connectivity index is 2.29. The number of ether oxygens (including phenoxy) is 1. The van der Waals surface area contributed by atoms with Crippen LogP contribution in [0.15, 0.2) is 30.5 Å². The normalized spacial score (nSPS) is 11.9. The molecule has 1 atom stereocenters. The lowest BCUT2D eigenvalue weighted by Gasteiger charge is -2.26. The maximum Gasteiger partial charge on any atom is 0.166 e. The van der Waals surface area contributed by atoms with Gasteiger partial charge < -0.3 is 15.0 Å². The Morgan fingerprint density at radius 1 is 1.33 bits per heavy atom. The average molecular weight is 376 g/mol. The maximum atomic E-state index is 14.7. The Hall–Kier alpha value is -2.54.